The molecule has 0 saturated heterocycles. The van der Waals surface area contributed by atoms with E-state index < -0.39 is 57.9 Å². The molecule has 0 fully saturated rings. The van der Waals surface area contributed by atoms with E-state index in [-0.39, 0.29) is 17.7 Å². The molecule has 1 heterocycles. The Labute approximate surface area is 240 Å². The van der Waals surface area contributed by atoms with Gasteiger partial charge in [-0.2, -0.15) is 8.78 Å². The Bertz CT molecular complexity index is 1750. The summed E-state index contributed by atoms with van der Waals surface area (Å²) in [5.41, 5.74) is 0.257. The summed E-state index contributed by atoms with van der Waals surface area (Å²) in [6.07, 6.45) is 0.591. The molecule has 3 nitrogen and oxygen atoms in total. The van der Waals surface area contributed by atoms with E-state index in [2.05, 4.69) is 21.6 Å². The second kappa shape index (κ2) is 11.8. The SMILES string of the molecule is CCCc1cnc(-c2ccc(-c3ccc(-c4cc(F)c(C(F)(F)Oc5cc(F)c(F)c(F)c5)c(F)c4)c(F)c3)cc2)nc1. The normalized spacial score (nSPS) is 11.6. The zero-order valence-corrected chi connectivity index (χ0v) is 22.2. The fourth-order valence-corrected chi connectivity index (χ4v) is 4.46. The third kappa shape index (κ3) is 6.20. The molecule has 4 aromatic carbocycles. The van der Waals surface area contributed by atoms with E-state index in [9.17, 15) is 30.7 Å². The molecule has 0 radical (unpaired) electrons. The van der Waals surface area contributed by atoms with Gasteiger partial charge in [0.25, 0.3) is 0 Å². The predicted octanol–water partition coefficient (Wildman–Crippen LogP) is 9.39. The molecular weight excluding hydrogens is 580 g/mol. The lowest BCUT2D eigenvalue weighted by molar-refractivity contribution is -0.189. The summed E-state index contributed by atoms with van der Waals surface area (Å²) in [5.74, 6) is -10.8. The van der Waals surface area contributed by atoms with Crippen molar-refractivity contribution in [2.75, 3.05) is 0 Å². The van der Waals surface area contributed by atoms with Crippen LogP contribution in [0.5, 0.6) is 5.75 Å². The molecule has 0 saturated carbocycles. The molecule has 1 aromatic heterocycles. The molecule has 0 bridgehead atoms. The summed E-state index contributed by atoms with van der Waals surface area (Å²) < 4.78 is 118. The van der Waals surface area contributed by atoms with E-state index in [1.54, 1.807) is 36.7 Å². The first-order chi connectivity index (χ1) is 20.5. The summed E-state index contributed by atoms with van der Waals surface area (Å²) in [5, 5.41) is 0. The van der Waals surface area contributed by atoms with Crippen LogP contribution in [0.25, 0.3) is 33.6 Å². The summed E-state index contributed by atoms with van der Waals surface area (Å²) in [6, 6.07) is 12.0. The van der Waals surface area contributed by atoms with Crippen LogP contribution in [-0.2, 0) is 12.5 Å². The van der Waals surface area contributed by atoms with E-state index in [1.165, 1.54) is 12.1 Å². The van der Waals surface area contributed by atoms with Crippen molar-refractivity contribution < 1.29 is 39.9 Å². The molecular formula is C32H20F8N2O. The first kappa shape index (κ1) is 29.7. The Balaban J connectivity index is 1.38. The summed E-state index contributed by atoms with van der Waals surface area (Å²) in [4.78, 5) is 8.73. The van der Waals surface area contributed by atoms with Gasteiger partial charge < -0.3 is 4.74 Å². The van der Waals surface area contributed by atoms with Gasteiger partial charge in [0.2, 0.25) is 0 Å². The lowest BCUT2D eigenvalue weighted by Crippen LogP contribution is -2.25. The van der Waals surface area contributed by atoms with Crippen LogP contribution in [0, 0.1) is 34.9 Å². The lowest BCUT2D eigenvalue weighted by Gasteiger charge is -2.20. The molecule has 0 aliphatic heterocycles. The number of hydrogen-bond acceptors (Lipinski definition) is 3. The number of aryl methyl sites for hydroxylation is 1. The third-order valence-electron chi connectivity index (χ3n) is 6.54. The molecule has 0 unspecified atom stereocenters. The Morgan fingerprint density at radius 2 is 1.16 bits per heavy atom. The number of rotatable bonds is 8. The second-order valence-corrected chi connectivity index (χ2v) is 9.57. The van der Waals surface area contributed by atoms with Crippen LogP contribution in [0.1, 0.15) is 24.5 Å². The summed E-state index contributed by atoms with van der Waals surface area (Å²) in [6.45, 7) is 2.06. The quantitative estimate of drug-likeness (QED) is 0.132. The Kier molecular flexibility index (Phi) is 8.16. The Hall–Kier alpha value is -4.80. The van der Waals surface area contributed by atoms with E-state index >= 15 is 4.39 Å². The number of benzene rings is 4. The van der Waals surface area contributed by atoms with Crippen molar-refractivity contribution in [1.82, 2.24) is 9.97 Å². The zero-order valence-electron chi connectivity index (χ0n) is 22.2. The van der Waals surface area contributed by atoms with Gasteiger partial charge in [-0.1, -0.05) is 49.7 Å². The highest BCUT2D eigenvalue weighted by atomic mass is 19.3. The van der Waals surface area contributed by atoms with Gasteiger partial charge in [0.15, 0.2) is 23.3 Å². The third-order valence-corrected chi connectivity index (χ3v) is 6.54. The van der Waals surface area contributed by atoms with Crippen LogP contribution in [0.15, 0.2) is 79.1 Å². The number of alkyl halides is 2. The highest BCUT2D eigenvalue weighted by molar-refractivity contribution is 5.73. The van der Waals surface area contributed by atoms with Crippen molar-refractivity contribution in [3.05, 3.63) is 125 Å². The second-order valence-electron chi connectivity index (χ2n) is 9.57. The maximum Gasteiger partial charge on any atom is 0.432 e. The van der Waals surface area contributed by atoms with Crippen LogP contribution in [0.4, 0.5) is 35.1 Å². The molecule has 0 amide bonds. The molecule has 220 valence electrons. The molecule has 0 aliphatic carbocycles. The number of nitrogens with zero attached hydrogens (tertiary/aromatic N) is 2. The van der Waals surface area contributed by atoms with E-state index in [1.807, 2.05) is 0 Å². The zero-order chi connectivity index (χ0) is 30.9. The van der Waals surface area contributed by atoms with Gasteiger partial charge in [0.05, 0.1) is 0 Å². The van der Waals surface area contributed by atoms with E-state index in [0.29, 0.717) is 29.1 Å². The van der Waals surface area contributed by atoms with E-state index in [0.717, 1.165) is 30.0 Å². The Morgan fingerprint density at radius 1 is 0.628 bits per heavy atom. The topological polar surface area (TPSA) is 35.0 Å². The lowest BCUT2D eigenvalue weighted by atomic mass is 9.97. The van der Waals surface area contributed by atoms with Gasteiger partial charge in [-0.05, 0) is 46.9 Å². The van der Waals surface area contributed by atoms with Crippen LogP contribution in [-0.4, -0.2) is 9.97 Å². The number of hydrogen-bond donors (Lipinski definition) is 0. The minimum Gasteiger partial charge on any atom is -0.429 e. The summed E-state index contributed by atoms with van der Waals surface area (Å²) >= 11 is 0. The van der Waals surface area contributed by atoms with Crippen molar-refractivity contribution in [2.45, 2.75) is 25.9 Å². The van der Waals surface area contributed by atoms with Crippen LogP contribution in [0.3, 0.4) is 0 Å². The molecule has 5 rings (SSSR count). The Morgan fingerprint density at radius 3 is 1.72 bits per heavy atom. The molecule has 0 aliphatic rings. The van der Waals surface area contributed by atoms with Crippen molar-refractivity contribution >= 4 is 0 Å². The van der Waals surface area contributed by atoms with Crippen molar-refractivity contribution in [3.8, 4) is 39.4 Å². The highest BCUT2D eigenvalue weighted by Crippen LogP contribution is 2.38. The van der Waals surface area contributed by atoms with Gasteiger partial charge in [0, 0.05) is 35.7 Å². The fraction of sp³-hybridized carbons (Fsp3) is 0.125. The van der Waals surface area contributed by atoms with Crippen molar-refractivity contribution in [1.29, 1.82) is 0 Å². The first-order valence-electron chi connectivity index (χ1n) is 12.9. The van der Waals surface area contributed by atoms with Gasteiger partial charge in [0.1, 0.15) is 28.8 Å². The largest absolute Gasteiger partial charge is 0.432 e. The molecule has 5 aromatic rings. The smallest absolute Gasteiger partial charge is 0.429 e. The highest BCUT2D eigenvalue weighted by Gasteiger charge is 2.41. The average Bonchev–Trinajstić information content (AvgIpc) is 2.95. The van der Waals surface area contributed by atoms with Gasteiger partial charge in [-0.15, -0.1) is 0 Å². The van der Waals surface area contributed by atoms with Crippen LogP contribution in [0.2, 0.25) is 0 Å². The number of halogens is 8. The van der Waals surface area contributed by atoms with Crippen molar-refractivity contribution in [3.63, 3.8) is 0 Å². The molecule has 0 atom stereocenters. The van der Waals surface area contributed by atoms with Gasteiger partial charge in [-0.3, -0.25) is 0 Å². The van der Waals surface area contributed by atoms with Crippen LogP contribution < -0.4 is 4.74 Å². The standard InChI is InChI=1S/C32H20F8N2O/c1-2-3-17-15-41-31(42-16-17)19-6-4-18(5-7-19)20-8-9-23(24(33)10-20)21-11-25(34)29(26(35)12-21)32(39,40)43-22-13-27(36)30(38)28(37)14-22/h4-16H,2-3H2,1H3. The number of aromatic nitrogens is 2. The van der Waals surface area contributed by atoms with E-state index in [4.69, 9.17) is 0 Å². The average molecular weight is 601 g/mol. The van der Waals surface area contributed by atoms with Gasteiger partial charge in [-0.25, -0.2) is 36.3 Å². The monoisotopic (exact) mass is 600 g/mol. The molecule has 0 spiro atoms. The molecule has 11 heteroatoms. The van der Waals surface area contributed by atoms with Crippen molar-refractivity contribution in [2.24, 2.45) is 0 Å². The maximum atomic E-state index is 15.1. The van der Waals surface area contributed by atoms with Gasteiger partial charge >= 0.3 is 6.11 Å². The first-order valence-corrected chi connectivity index (χ1v) is 12.9. The minimum absolute atomic E-state index is 0.0967. The fourth-order valence-electron chi connectivity index (χ4n) is 4.46. The number of ether oxygens (including phenoxy) is 1. The maximum absolute atomic E-state index is 15.1. The minimum atomic E-state index is -4.76. The van der Waals surface area contributed by atoms with Crippen LogP contribution >= 0.6 is 0 Å². The molecule has 0 N–H and O–H groups in total. The molecule has 43 heavy (non-hydrogen) atoms. The summed E-state index contributed by atoms with van der Waals surface area (Å²) in [7, 11) is 0. The predicted molar refractivity (Wildman–Crippen MR) is 143 cm³/mol.